The van der Waals surface area contributed by atoms with Crippen molar-refractivity contribution in [3.63, 3.8) is 0 Å². The van der Waals surface area contributed by atoms with Gasteiger partial charge in [0, 0.05) is 0 Å². The summed E-state index contributed by atoms with van der Waals surface area (Å²) in [6.07, 6.45) is 6.21. The number of hydrogen-bond acceptors (Lipinski definition) is 0. The first-order valence-electron chi connectivity index (χ1n) is 6.65. The molecule has 0 radical (unpaired) electrons. The smallest absolute Gasteiger partial charge is 0.0305 e. The fourth-order valence-corrected chi connectivity index (χ4v) is 1.48. The Kier molecular flexibility index (Phi) is 21.4. The van der Waals surface area contributed by atoms with E-state index >= 15 is 0 Å². The predicted octanol–water partition coefficient (Wildman–Crippen LogP) is 6.31. The van der Waals surface area contributed by atoms with Gasteiger partial charge in [0.15, 0.2) is 0 Å². The largest absolute Gasteiger partial charge is 0.0991 e. The maximum atomic E-state index is 3.73. The Morgan fingerprint density at radius 2 is 1.38 bits per heavy atom. The van der Waals surface area contributed by atoms with Crippen LogP contribution in [0.4, 0.5) is 0 Å². The lowest BCUT2D eigenvalue weighted by Gasteiger charge is -2.09. The molecule has 0 saturated heterocycles. The van der Waals surface area contributed by atoms with Crippen LogP contribution in [-0.4, -0.2) is 0 Å². The summed E-state index contributed by atoms with van der Waals surface area (Å²) in [4.78, 5) is 0. The summed E-state index contributed by atoms with van der Waals surface area (Å²) in [7, 11) is 0. The minimum Gasteiger partial charge on any atom is -0.0991 e. The van der Waals surface area contributed by atoms with Crippen molar-refractivity contribution in [1.29, 1.82) is 0 Å². The van der Waals surface area contributed by atoms with Crippen molar-refractivity contribution in [3.05, 3.63) is 35.5 Å². The third-order valence-corrected chi connectivity index (χ3v) is 2.04. The summed E-state index contributed by atoms with van der Waals surface area (Å²) < 4.78 is 0. The minimum atomic E-state index is 1.10. The van der Waals surface area contributed by atoms with Crippen molar-refractivity contribution < 1.29 is 0 Å². The van der Waals surface area contributed by atoms with E-state index in [0.717, 1.165) is 12.8 Å². The van der Waals surface area contributed by atoms with Gasteiger partial charge in [-0.15, -0.1) is 0 Å². The molecule has 0 fully saturated rings. The molecule has 0 aromatic carbocycles. The molecule has 0 spiro atoms. The number of rotatable bonds is 4. The van der Waals surface area contributed by atoms with Gasteiger partial charge in [0.2, 0.25) is 0 Å². The number of allylic oxidation sites excluding steroid dienone is 5. The molecule has 0 atom stereocenters. The van der Waals surface area contributed by atoms with Gasteiger partial charge in [-0.1, -0.05) is 65.8 Å². The van der Waals surface area contributed by atoms with Crippen LogP contribution in [0.5, 0.6) is 0 Å². The Morgan fingerprint density at radius 3 is 1.56 bits per heavy atom. The highest BCUT2D eigenvalue weighted by Crippen LogP contribution is 2.20. The molecule has 0 aromatic rings. The maximum absolute atomic E-state index is 3.73. The predicted molar refractivity (Wildman–Crippen MR) is 79.9 cm³/mol. The van der Waals surface area contributed by atoms with Crippen LogP contribution in [-0.2, 0) is 0 Å². The zero-order chi connectivity index (χ0) is 13.6. The molecular formula is C16H32. The van der Waals surface area contributed by atoms with Gasteiger partial charge in [0.25, 0.3) is 0 Å². The Bertz CT molecular complexity index is 200. The Morgan fingerprint density at radius 1 is 0.938 bits per heavy atom. The lowest BCUT2D eigenvalue weighted by atomic mass is 9.97. The monoisotopic (exact) mass is 224 g/mol. The van der Waals surface area contributed by atoms with Gasteiger partial charge in [0.05, 0.1) is 0 Å². The van der Waals surface area contributed by atoms with Crippen LogP contribution in [0.3, 0.4) is 0 Å². The van der Waals surface area contributed by atoms with Gasteiger partial charge in [-0.25, -0.2) is 0 Å². The van der Waals surface area contributed by atoms with Crippen molar-refractivity contribution >= 4 is 0 Å². The van der Waals surface area contributed by atoms with E-state index in [2.05, 4.69) is 40.3 Å². The van der Waals surface area contributed by atoms with Crippen LogP contribution >= 0.6 is 0 Å². The van der Waals surface area contributed by atoms with Crippen molar-refractivity contribution in [2.75, 3.05) is 0 Å². The summed E-state index contributed by atoms with van der Waals surface area (Å²) in [5.41, 5.74) is 4.33. The van der Waals surface area contributed by atoms with E-state index in [1.165, 1.54) is 16.7 Å². The van der Waals surface area contributed by atoms with Crippen LogP contribution in [0, 0.1) is 0 Å². The molecule has 16 heavy (non-hydrogen) atoms. The maximum Gasteiger partial charge on any atom is -0.0305 e. The summed E-state index contributed by atoms with van der Waals surface area (Å²) in [6.45, 7) is 20.5. The summed E-state index contributed by atoms with van der Waals surface area (Å²) in [5, 5.41) is 0. The summed E-state index contributed by atoms with van der Waals surface area (Å²) >= 11 is 0. The highest BCUT2D eigenvalue weighted by atomic mass is 14.1. The molecule has 0 aliphatic carbocycles. The molecule has 0 aliphatic rings. The molecule has 0 saturated carbocycles. The number of hydrogen-bond donors (Lipinski definition) is 0. The molecule has 0 aromatic heterocycles. The Balaban J connectivity index is -0.000000376. The van der Waals surface area contributed by atoms with Gasteiger partial charge in [-0.05, 0) is 37.8 Å². The van der Waals surface area contributed by atoms with E-state index in [1.54, 1.807) is 0 Å². The van der Waals surface area contributed by atoms with Gasteiger partial charge in [-0.3, -0.25) is 0 Å². The quantitative estimate of drug-likeness (QED) is 0.491. The van der Waals surface area contributed by atoms with Gasteiger partial charge in [0.1, 0.15) is 0 Å². The fraction of sp³-hybridized carbons (Fsp3) is 0.625. The molecule has 0 heterocycles. The first-order chi connectivity index (χ1) is 7.67. The molecule has 0 bridgehead atoms. The fourth-order valence-electron chi connectivity index (χ4n) is 1.48. The average Bonchev–Trinajstić information content (AvgIpc) is 2.33. The van der Waals surface area contributed by atoms with E-state index < -0.39 is 0 Å². The topological polar surface area (TPSA) is 0 Å². The lowest BCUT2D eigenvalue weighted by Crippen LogP contribution is -1.89. The SMILES string of the molecule is C=C/C=C(/CC)C(CC)=C(C)C.CC.CC. The molecule has 0 nitrogen and oxygen atoms in total. The van der Waals surface area contributed by atoms with E-state index in [9.17, 15) is 0 Å². The normalized spacial score (nSPS) is 9.12. The molecule has 0 aliphatic heterocycles. The van der Waals surface area contributed by atoms with Crippen molar-refractivity contribution in [2.45, 2.75) is 68.2 Å². The van der Waals surface area contributed by atoms with E-state index in [0.29, 0.717) is 0 Å². The highest BCUT2D eigenvalue weighted by Gasteiger charge is 2.00. The van der Waals surface area contributed by atoms with Gasteiger partial charge in [-0.2, -0.15) is 0 Å². The van der Waals surface area contributed by atoms with Crippen LogP contribution < -0.4 is 0 Å². The van der Waals surface area contributed by atoms with Crippen molar-refractivity contribution in [3.8, 4) is 0 Å². The second-order valence-corrected chi connectivity index (χ2v) is 3.11. The second kappa shape index (κ2) is 16.6. The third kappa shape index (κ3) is 9.76. The standard InChI is InChI=1S/C12H20.2C2H6/c1-6-9-11(7-2)12(8-3)10(4)5;2*1-2/h6,9H,1,7-8H2,2-5H3;2*1-2H3/b11-9-;;. The van der Waals surface area contributed by atoms with Gasteiger partial charge < -0.3 is 0 Å². The third-order valence-electron chi connectivity index (χ3n) is 2.04. The first-order valence-corrected chi connectivity index (χ1v) is 6.65. The lowest BCUT2D eigenvalue weighted by molar-refractivity contribution is 0.996. The molecule has 0 heteroatoms. The van der Waals surface area contributed by atoms with Crippen LogP contribution in [0.25, 0.3) is 0 Å². The first kappa shape index (κ1) is 20.6. The molecule has 0 N–H and O–H groups in total. The molecule has 0 unspecified atom stereocenters. The molecule has 0 rings (SSSR count). The van der Waals surface area contributed by atoms with Crippen LogP contribution in [0.2, 0.25) is 0 Å². The highest BCUT2D eigenvalue weighted by molar-refractivity contribution is 5.35. The van der Waals surface area contributed by atoms with E-state index in [4.69, 9.17) is 0 Å². The molecule has 0 amide bonds. The van der Waals surface area contributed by atoms with E-state index in [1.807, 2.05) is 33.8 Å². The van der Waals surface area contributed by atoms with Crippen molar-refractivity contribution in [2.24, 2.45) is 0 Å². The second-order valence-electron chi connectivity index (χ2n) is 3.11. The minimum absolute atomic E-state index is 1.10. The van der Waals surface area contributed by atoms with Crippen LogP contribution in [0.15, 0.2) is 35.5 Å². The zero-order valence-electron chi connectivity index (χ0n) is 12.8. The van der Waals surface area contributed by atoms with Crippen LogP contribution in [0.1, 0.15) is 68.2 Å². The summed E-state index contributed by atoms with van der Waals surface area (Å²) in [5.74, 6) is 0. The Labute approximate surface area is 104 Å². The summed E-state index contributed by atoms with van der Waals surface area (Å²) in [6, 6.07) is 0. The Hall–Kier alpha value is -0.780. The molecule has 96 valence electrons. The van der Waals surface area contributed by atoms with Gasteiger partial charge >= 0.3 is 0 Å². The zero-order valence-corrected chi connectivity index (χ0v) is 12.8. The van der Waals surface area contributed by atoms with E-state index in [-0.39, 0.29) is 0 Å². The average molecular weight is 224 g/mol. The molecular weight excluding hydrogens is 192 g/mol. The van der Waals surface area contributed by atoms with Crippen molar-refractivity contribution in [1.82, 2.24) is 0 Å².